The standard InChI is InChI=1S/C11H18N4O9S/c1-6(4-12-10(17)18)23-13-9(16)8-3-2-7-5-14(8)11(19)15(7)24-25(20,21)22/h6-8,12H,2-5H2,1H3,(H,13,16)(H,17,18)(H,20,21,22)/t6-,7+,8-/m0/s1. The Morgan fingerprint density at radius 2 is 2.08 bits per heavy atom. The van der Waals surface area contributed by atoms with Gasteiger partial charge in [-0.05, 0) is 19.8 Å². The average molecular weight is 382 g/mol. The van der Waals surface area contributed by atoms with Crippen LogP contribution in [0.15, 0.2) is 0 Å². The first kappa shape index (κ1) is 19.2. The predicted molar refractivity (Wildman–Crippen MR) is 78.1 cm³/mol. The number of urea groups is 1. The van der Waals surface area contributed by atoms with Gasteiger partial charge < -0.3 is 15.3 Å². The highest BCUT2D eigenvalue weighted by molar-refractivity contribution is 7.80. The van der Waals surface area contributed by atoms with Gasteiger partial charge >= 0.3 is 22.5 Å². The van der Waals surface area contributed by atoms with Crippen molar-refractivity contribution >= 4 is 28.4 Å². The van der Waals surface area contributed by atoms with Crippen LogP contribution in [0.3, 0.4) is 0 Å². The van der Waals surface area contributed by atoms with Crippen molar-refractivity contribution in [1.29, 1.82) is 0 Å². The number of nitrogens with one attached hydrogen (secondary N) is 2. The van der Waals surface area contributed by atoms with Gasteiger partial charge in [0.05, 0.1) is 6.04 Å². The molecule has 2 rings (SSSR count). The summed E-state index contributed by atoms with van der Waals surface area (Å²) in [6, 6.07) is -2.36. The molecule has 0 radical (unpaired) electrons. The topological polar surface area (TPSA) is 175 Å². The van der Waals surface area contributed by atoms with Gasteiger partial charge in [-0.25, -0.2) is 15.1 Å². The summed E-state index contributed by atoms with van der Waals surface area (Å²) in [5, 5.41) is 11.1. The smallest absolute Gasteiger partial charge is 0.418 e. The maximum Gasteiger partial charge on any atom is 0.418 e. The summed E-state index contributed by atoms with van der Waals surface area (Å²) < 4.78 is 34.6. The van der Waals surface area contributed by atoms with Gasteiger partial charge in [-0.3, -0.25) is 14.2 Å². The number of carbonyl (C=O) groups is 3. The first-order valence-electron chi connectivity index (χ1n) is 7.27. The maximum atomic E-state index is 12.2. The van der Waals surface area contributed by atoms with Gasteiger partial charge in [0.2, 0.25) is 0 Å². The van der Waals surface area contributed by atoms with E-state index in [-0.39, 0.29) is 25.9 Å². The van der Waals surface area contributed by atoms with E-state index < -0.39 is 46.6 Å². The number of carboxylic acid groups (broad SMARTS) is 1. The fourth-order valence-corrected chi connectivity index (χ4v) is 2.99. The van der Waals surface area contributed by atoms with Crippen molar-refractivity contribution in [2.75, 3.05) is 13.1 Å². The molecule has 2 bridgehead atoms. The van der Waals surface area contributed by atoms with Crippen LogP contribution >= 0.6 is 0 Å². The van der Waals surface area contributed by atoms with Crippen LogP contribution in [0.2, 0.25) is 0 Å². The van der Waals surface area contributed by atoms with Crippen LogP contribution in [-0.4, -0.2) is 77.3 Å². The zero-order valence-corrected chi connectivity index (χ0v) is 13.9. The molecule has 2 aliphatic heterocycles. The monoisotopic (exact) mass is 382 g/mol. The largest absolute Gasteiger partial charge is 0.465 e. The van der Waals surface area contributed by atoms with Gasteiger partial charge in [0.1, 0.15) is 12.1 Å². The minimum atomic E-state index is -4.85. The number of piperidine rings is 1. The second-order valence-electron chi connectivity index (χ2n) is 5.59. The van der Waals surface area contributed by atoms with E-state index >= 15 is 0 Å². The Kier molecular flexibility index (Phi) is 5.66. The number of hydrogen-bond donors (Lipinski definition) is 4. The molecule has 142 valence electrons. The zero-order chi connectivity index (χ0) is 18.8. The van der Waals surface area contributed by atoms with Crippen molar-refractivity contribution in [2.45, 2.75) is 38.0 Å². The number of hydroxylamine groups is 3. The molecular weight excluding hydrogens is 364 g/mol. The Bertz CT molecular complexity index is 654. The summed E-state index contributed by atoms with van der Waals surface area (Å²) in [5.41, 5.74) is 2.15. The fourth-order valence-electron chi connectivity index (χ4n) is 2.60. The van der Waals surface area contributed by atoms with Gasteiger partial charge in [-0.1, -0.05) is 0 Å². The van der Waals surface area contributed by atoms with Crippen molar-refractivity contribution in [3.8, 4) is 0 Å². The summed E-state index contributed by atoms with van der Waals surface area (Å²) >= 11 is 0. The molecule has 0 aromatic carbocycles. The van der Waals surface area contributed by atoms with Crippen LogP contribution in [0.25, 0.3) is 0 Å². The molecule has 4 amide bonds. The van der Waals surface area contributed by atoms with Crippen molar-refractivity contribution in [3.63, 3.8) is 0 Å². The van der Waals surface area contributed by atoms with Crippen molar-refractivity contribution in [3.05, 3.63) is 0 Å². The number of rotatable bonds is 7. The first-order chi connectivity index (χ1) is 11.6. The Hall–Kier alpha value is -2.16. The van der Waals surface area contributed by atoms with Crippen molar-refractivity contribution in [2.24, 2.45) is 0 Å². The molecule has 0 spiro atoms. The van der Waals surface area contributed by atoms with Gasteiger partial charge in [0.15, 0.2) is 0 Å². The third-order valence-corrected chi connectivity index (χ3v) is 4.05. The number of fused-ring (bicyclic) bond motifs is 2. The minimum Gasteiger partial charge on any atom is -0.465 e. The summed E-state index contributed by atoms with van der Waals surface area (Å²) in [6.07, 6.45) is -1.36. The molecular formula is C11H18N4O9S. The van der Waals surface area contributed by atoms with Crippen LogP contribution in [0.4, 0.5) is 9.59 Å². The van der Waals surface area contributed by atoms with Gasteiger partial charge in [-0.15, -0.1) is 4.28 Å². The molecule has 0 aromatic rings. The van der Waals surface area contributed by atoms with Crippen LogP contribution in [0.1, 0.15) is 19.8 Å². The van der Waals surface area contributed by atoms with Gasteiger partial charge in [0, 0.05) is 13.1 Å². The highest BCUT2D eigenvalue weighted by Gasteiger charge is 2.49. The Morgan fingerprint density at radius 1 is 1.40 bits per heavy atom. The average Bonchev–Trinajstić information content (AvgIpc) is 2.74. The Morgan fingerprint density at radius 3 is 2.68 bits per heavy atom. The van der Waals surface area contributed by atoms with Crippen LogP contribution < -0.4 is 10.8 Å². The third-order valence-electron chi connectivity index (χ3n) is 3.70. The second-order valence-corrected chi connectivity index (χ2v) is 6.60. The van der Waals surface area contributed by atoms with E-state index in [0.717, 1.165) is 4.90 Å². The molecule has 25 heavy (non-hydrogen) atoms. The maximum absolute atomic E-state index is 12.2. The minimum absolute atomic E-state index is 0.0546. The van der Waals surface area contributed by atoms with Gasteiger partial charge in [-0.2, -0.15) is 13.5 Å². The van der Waals surface area contributed by atoms with Crippen LogP contribution in [0, 0.1) is 0 Å². The molecule has 2 fully saturated rings. The second kappa shape index (κ2) is 7.38. The normalized spacial score (nSPS) is 24.2. The van der Waals surface area contributed by atoms with E-state index in [4.69, 9.17) is 14.5 Å². The number of nitrogens with zero attached hydrogens (tertiary/aromatic N) is 2. The molecule has 4 N–H and O–H groups in total. The highest BCUT2D eigenvalue weighted by atomic mass is 32.3. The molecule has 2 aliphatic rings. The lowest BCUT2D eigenvalue weighted by Gasteiger charge is -2.29. The summed E-state index contributed by atoms with van der Waals surface area (Å²) in [7, 11) is -4.85. The summed E-state index contributed by atoms with van der Waals surface area (Å²) in [5.74, 6) is -0.636. The molecule has 0 aliphatic carbocycles. The van der Waals surface area contributed by atoms with E-state index in [2.05, 4.69) is 15.1 Å². The van der Waals surface area contributed by atoms with Crippen molar-refractivity contribution in [1.82, 2.24) is 20.8 Å². The number of amides is 4. The Labute approximate surface area is 142 Å². The number of hydrogen-bond acceptors (Lipinski definition) is 7. The number of carbonyl (C=O) groups excluding carboxylic acids is 2. The van der Waals surface area contributed by atoms with E-state index in [0.29, 0.717) is 5.06 Å². The first-order valence-corrected chi connectivity index (χ1v) is 8.64. The lowest BCUT2D eigenvalue weighted by atomic mass is 10.0. The van der Waals surface area contributed by atoms with E-state index in [1.165, 1.54) is 6.92 Å². The van der Waals surface area contributed by atoms with E-state index in [9.17, 15) is 22.8 Å². The van der Waals surface area contributed by atoms with E-state index in [1.54, 1.807) is 0 Å². The SMILES string of the molecule is C[C@@H](CNC(=O)O)ONC(=O)[C@@H]1CC[C@@H]2CN1C(=O)N2OS(=O)(=O)O. The predicted octanol–water partition coefficient (Wildman–Crippen LogP) is -1.31. The van der Waals surface area contributed by atoms with Gasteiger partial charge in [0.25, 0.3) is 5.91 Å². The lowest BCUT2D eigenvalue weighted by Crippen LogP contribution is -2.50. The van der Waals surface area contributed by atoms with E-state index in [1.807, 2.05) is 0 Å². The fraction of sp³-hybridized carbons (Fsp3) is 0.727. The molecule has 2 saturated heterocycles. The van der Waals surface area contributed by atoms with Crippen LogP contribution in [0.5, 0.6) is 0 Å². The summed E-state index contributed by atoms with van der Waals surface area (Å²) in [6.45, 7) is 1.53. The molecule has 14 heteroatoms. The molecule has 0 aromatic heterocycles. The third kappa shape index (κ3) is 4.91. The molecule has 13 nitrogen and oxygen atoms in total. The highest BCUT2D eigenvalue weighted by Crippen LogP contribution is 2.30. The quantitative estimate of drug-likeness (QED) is 0.308. The van der Waals surface area contributed by atoms with Crippen molar-refractivity contribution < 1.29 is 41.6 Å². The molecule has 3 atom stereocenters. The summed E-state index contributed by atoms with van der Waals surface area (Å²) in [4.78, 5) is 40.8. The van der Waals surface area contributed by atoms with Crippen LogP contribution in [-0.2, 0) is 24.3 Å². The molecule has 0 unspecified atom stereocenters. The zero-order valence-electron chi connectivity index (χ0n) is 13.1. The molecule has 2 heterocycles. The lowest BCUT2D eigenvalue weighted by molar-refractivity contribution is -0.142. The Balaban J connectivity index is 1.90. The molecule has 0 saturated carbocycles.